The first-order valence-electron chi connectivity index (χ1n) is 11.4. The summed E-state index contributed by atoms with van der Waals surface area (Å²) < 4.78 is 22.8. The summed E-state index contributed by atoms with van der Waals surface area (Å²) in [6, 6.07) is -3.47. The van der Waals surface area contributed by atoms with E-state index in [1.807, 2.05) is 0 Å². The average molecular weight is 497 g/mol. The number of nitrogens with two attached hydrogens (primary N) is 3. The molecule has 10 unspecified atom stereocenters. The zero-order valence-electron chi connectivity index (χ0n) is 19.5. The van der Waals surface area contributed by atoms with E-state index >= 15 is 0 Å². The van der Waals surface area contributed by atoms with E-state index in [-0.39, 0.29) is 13.0 Å². The summed E-state index contributed by atoms with van der Waals surface area (Å²) in [5.74, 6) is 0. The number of rotatable bonds is 6. The first kappa shape index (κ1) is 28.0. The van der Waals surface area contributed by atoms with Gasteiger partial charge in [0.25, 0.3) is 0 Å². The minimum Gasteiger partial charge on any atom is -0.391 e. The van der Waals surface area contributed by atoms with Gasteiger partial charge in [0, 0.05) is 12.1 Å². The summed E-state index contributed by atoms with van der Waals surface area (Å²) in [4.78, 5) is 0. The lowest BCUT2D eigenvalue weighted by molar-refractivity contribution is -0.319. The molecule has 1 saturated carbocycles. The van der Waals surface area contributed by atoms with Gasteiger partial charge in [-0.1, -0.05) is 0 Å². The monoisotopic (exact) mass is 496 g/mol. The summed E-state index contributed by atoms with van der Waals surface area (Å²) in [5.41, 5.74) is 17.0. The van der Waals surface area contributed by atoms with Crippen molar-refractivity contribution >= 4 is 0 Å². The molecule has 3 aliphatic rings. The van der Waals surface area contributed by atoms with Crippen LogP contribution in [0, 0.1) is 0 Å². The van der Waals surface area contributed by atoms with Gasteiger partial charge in [0.2, 0.25) is 0 Å². The largest absolute Gasteiger partial charge is 0.391 e. The van der Waals surface area contributed by atoms with E-state index in [0.29, 0.717) is 0 Å². The molecular formula is C20H40N4O10. The minimum atomic E-state index is -1.46. The molecule has 0 bridgehead atoms. The van der Waals surface area contributed by atoms with Crippen LogP contribution < -0.4 is 22.5 Å². The summed E-state index contributed by atoms with van der Waals surface area (Å²) in [5, 5.41) is 65.2. The third-order valence-corrected chi connectivity index (χ3v) is 6.95. The van der Waals surface area contributed by atoms with Crippen molar-refractivity contribution in [3.05, 3.63) is 0 Å². The molecule has 14 nitrogen and oxygen atoms in total. The summed E-state index contributed by atoms with van der Waals surface area (Å²) >= 11 is 0. The molecule has 2 heterocycles. The predicted octanol–water partition coefficient (Wildman–Crippen LogP) is -5.61. The fourth-order valence-electron chi connectivity index (χ4n) is 4.95. The molecule has 3 rings (SSSR count). The van der Waals surface area contributed by atoms with E-state index in [2.05, 4.69) is 5.32 Å². The molecule has 14 heteroatoms. The van der Waals surface area contributed by atoms with Crippen molar-refractivity contribution < 1.29 is 49.6 Å². The highest BCUT2D eigenvalue weighted by Crippen LogP contribution is 2.32. The Hall–Kier alpha value is -0.560. The van der Waals surface area contributed by atoms with Gasteiger partial charge in [-0.3, -0.25) is 0 Å². The maximum absolute atomic E-state index is 11.1. The third-order valence-electron chi connectivity index (χ3n) is 6.95. The van der Waals surface area contributed by atoms with Gasteiger partial charge in [-0.2, -0.15) is 0 Å². The van der Waals surface area contributed by atoms with Crippen LogP contribution in [-0.4, -0.2) is 135 Å². The first-order valence-corrected chi connectivity index (χ1v) is 11.4. The molecule has 0 aromatic carbocycles. The molecule has 0 spiro atoms. The molecule has 0 aromatic heterocycles. The predicted molar refractivity (Wildman–Crippen MR) is 116 cm³/mol. The highest BCUT2D eigenvalue weighted by Gasteiger charge is 2.52. The molecule has 34 heavy (non-hydrogen) atoms. The zero-order chi connectivity index (χ0) is 25.5. The van der Waals surface area contributed by atoms with Crippen LogP contribution in [-0.2, 0) is 18.9 Å². The number of nitrogens with one attached hydrogen (secondary N) is 1. The fraction of sp³-hybridized carbons (Fsp3) is 1.00. The van der Waals surface area contributed by atoms with E-state index in [9.17, 15) is 30.6 Å². The van der Waals surface area contributed by atoms with Crippen molar-refractivity contribution in [3.63, 3.8) is 0 Å². The smallest absolute Gasteiger partial charge is 0.185 e. The lowest BCUT2D eigenvalue weighted by Crippen LogP contribution is -2.69. The highest BCUT2D eigenvalue weighted by atomic mass is 16.7. The van der Waals surface area contributed by atoms with Gasteiger partial charge >= 0.3 is 0 Å². The van der Waals surface area contributed by atoms with Crippen molar-refractivity contribution in [3.8, 4) is 0 Å². The first-order chi connectivity index (χ1) is 15.8. The molecule has 1 aliphatic carbocycles. The standard InChI is InChI=1S/C20H40N4O10/c1-6(25)14-11(27)10(26)9(23)18(32-14)33-15-7(21)4-8(22)16(12(15)28)34-19-13(29)17(24-3)20(2,30)5-31-19/h6-19,24-30H,4-5,21-23H2,1-3H3/t6?,7-,8?,9?,10?,11?,12?,13+,14?,15+,16?,17?,18-,19?,20-/m0/s1. The third kappa shape index (κ3) is 5.40. The Labute approximate surface area is 197 Å². The van der Waals surface area contributed by atoms with E-state index < -0.39 is 91.2 Å². The number of aliphatic hydroxyl groups is 6. The highest BCUT2D eigenvalue weighted by molar-refractivity contribution is 5.02. The molecule has 2 aliphatic heterocycles. The van der Waals surface area contributed by atoms with Crippen LogP contribution >= 0.6 is 0 Å². The summed E-state index contributed by atoms with van der Waals surface area (Å²) in [6.45, 7) is 2.75. The number of ether oxygens (including phenoxy) is 4. The molecule has 200 valence electrons. The van der Waals surface area contributed by atoms with Crippen LogP contribution in [0.5, 0.6) is 0 Å². The van der Waals surface area contributed by atoms with Crippen LogP contribution in [0.15, 0.2) is 0 Å². The quantitative estimate of drug-likeness (QED) is 0.165. The van der Waals surface area contributed by atoms with Gasteiger partial charge < -0.3 is 72.1 Å². The Morgan fingerprint density at radius 2 is 1.50 bits per heavy atom. The van der Waals surface area contributed by atoms with Crippen molar-refractivity contribution in [2.75, 3.05) is 13.7 Å². The summed E-state index contributed by atoms with van der Waals surface area (Å²) in [7, 11) is 1.58. The van der Waals surface area contributed by atoms with Crippen molar-refractivity contribution in [1.82, 2.24) is 5.32 Å². The van der Waals surface area contributed by atoms with Gasteiger partial charge in [0.05, 0.1) is 24.8 Å². The van der Waals surface area contributed by atoms with Gasteiger partial charge in [0.15, 0.2) is 12.6 Å². The number of hydrogen-bond donors (Lipinski definition) is 10. The topological polar surface area (TPSA) is 248 Å². The Kier molecular flexibility index (Phi) is 8.92. The molecule has 13 N–H and O–H groups in total. The van der Waals surface area contributed by atoms with Crippen LogP contribution in [0.1, 0.15) is 20.3 Å². The van der Waals surface area contributed by atoms with E-state index in [0.717, 1.165) is 0 Å². The minimum absolute atomic E-state index is 0.135. The number of likely N-dealkylation sites (N-methyl/N-ethyl adjacent to an activating group) is 1. The lowest BCUT2D eigenvalue weighted by Gasteiger charge is -2.49. The van der Waals surface area contributed by atoms with Gasteiger partial charge in [0.1, 0.15) is 48.3 Å². The molecule has 3 fully saturated rings. The van der Waals surface area contributed by atoms with Crippen LogP contribution in [0.2, 0.25) is 0 Å². The number of aliphatic hydroxyl groups excluding tert-OH is 5. The maximum Gasteiger partial charge on any atom is 0.185 e. The molecular weight excluding hydrogens is 456 g/mol. The van der Waals surface area contributed by atoms with E-state index in [1.165, 1.54) is 13.8 Å². The normalized spacial score (nSPS) is 53.5. The Morgan fingerprint density at radius 3 is 2.03 bits per heavy atom. The molecule has 0 amide bonds. The van der Waals surface area contributed by atoms with Crippen LogP contribution in [0.4, 0.5) is 0 Å². The molecule has 0 radical (unpaired) electrons. The second-order valence-electron chi connectivity index (χ2n) is 9.82. The molecule has 2 saturated heterocycles. The lowest BCUT2D eigenvalue weighted by atomic mass is 9.84. The van der Waals surface area contributed by atoms with Gasteiger partial charge in [-0.15, -0.1) is 0 Å². The molecule has 15 atom stereocenters. The average Bonchev–Trinajstić information content (AvgIpc) is 2.75. The Balaban J connectivity index is 1.73. The SMILES string of the molecule is CNC1[C@@H](O)C(OC2C(N)C[C@H](N)[C@@H](O[C@@H]3OC(C(C)O)C(O)C(O)C3N)C2O)OC[C@]1(C)O. The Morgan fingerprint density at radius 1 is 0.941 bits per heavy atom. The van der Waals surface area contributed by atoms with Crippen LogP contribution in [0.25, 0.3) is 0 Å². The zero-order valence-corrected chi connectivity index (χ0v) is 19.5. The summed E-state index contributed by atoms with van der Waals surface area (Å²) in [6.07, 6.45) is -12.4. The van der Waals surface area contributed by atoms with E-state index in [1.54, 1.807) is 7.05 Å². The second-order valence-corrected chi connectivity index (χ2v) is 9.82. The fourth-order valence-corrected chi connectivity index (χ4v) is 4.95. The van der Waals surface area contributed by atoms with Crippen molar-refractivity contribution in [1.29, 1.82) is 0 Å². The second kappa shape index (κ2) is 10.8. The van der Waals surface area contributed by atoms with E-state index in [4.69, 9.17) is 36.1 Å². The number of hydrogen-bond acceptors (Lipinski definition) is 14. The Bertz CT molecular complexity index is 675. The van der Waals surface area contributed by atoms with Crippen molar-refractivity contribution in [2.24, 2.45) is 17.2 Å². The van der Waals surface area contributed by atoms with Gasteiger partial charge in [-0.05, 0) is 27.3 Å². The van der Waals surface area contributed by atoms with Crippen molar-refractivity contribution in [2.45, 2.75) is 111 Å². The molecule has 0 aromatic rings. The van der Waals surface area contributed by atoms with Gasteiger partial charge in [-0.25, -0.2) is 0 Å². The van der Waals surface area contributed by atoms with Crippen LogP contribution in [0.3, 0.4) is 0 Å². The maximum atomic E-state index is 11.1.